The normalized spacial score (nSPS) is 11.5. The van der Waals surface area contributed by atoms with Gasteiger partial charge in [-0.05, 0) is 29.8 Å². The minimum Gasteiger partial charge on any atom is -0.410 e. The van der Waals surface area contributed by atoms with Crippen LogP contribution in [0.2, 0.25) is 10.0 Å². The summed E-state index contributed by atoms with van der Waals surface area (Å²) in [4.78, 5) is 12.8. The summed E-state index contributed by atoms with van der Waals surface area (Å²) in [5.41, 5.74) is 0.794. The predicted molar refractivity (Wildman–Crippen MR) is 116 cm³/mol. The number of benzene rings is 2. The first-order valence-electron chi connectivity index (χ1n) is 8.21. The number of hydrogen-bond acceptors (Lipinski definition) is 6. The molecule has 0 bridgehead atoms. The van der Waals surface area contributed by atoms with Crippen molar-refractivity contribution < 1.29 is 9.21 Å². The van der Waals surface area contributed by atoms with Crippen molar-refractivity contribution in [3.63, 3.8) is 0 Å². The van der Waals surface area contributed by atoms with Gasteiger partial charge in [-0.1, -0.05) is 71.4 Å². The van der Waals surface area contributed by atoms with E-state index in [9.17, 15) is 4.79 Å². The quantitative estimate of drug-likeness (QED) is 0.245. The number of hydrogen-bond donors (Lipinski definition) is 0. The lowest BCUT2D eigenvalue weighted by atomic mass is 10.2. The molecule has 0 fully saturated rings. The monoisotopic (exact) mass is 446 g/mol. The van der Waals surface area contributed by atoms with Crippen molar-refractivity contribution in [1.82, 2.24) is 10.2 Å². The molecule has 4 aromatic rings. The standard InChI is InChI=1S/C20H12Cl2N2O2S2/c21-15-7-3-1-5-12(15)9-10-13(25)11-27-20-24-23-19(26-20)18-17(22)14-6-2-4-8-16(14)28-18/h1-10H,11H2/b10-9+. The molecule has 0 aliphatic rings. The van der Waals surface area contributed by atoms with Gasteiger partial charge in [0.15, 0.2) is 5.78 Å². The molecule has 4 nitrogen and oxygen atoms in total. The Morgan fingerprint density at radius 2 is 1.89 bits per heavy atom. The Morgan fingerprint density at radius 1 is 1.11 bits per heavy atom. The highest BCUT2D eigenvalue weighted by atomic mass is 35.5. The fraction of sp³-hybridized carbons (Fsp3) is 0.0500. The van der Waals surface area contributed by atoms with Crippen LogP contribution in [0.5, 0.6) is 0 Å². The number of nitrogens with zero attached hydrogens (tertiary/aromatic N) is 2. The summed E-state index contributed by atoms with van der Waals surface area (Å²) in [5.74, 6) is 0.459. The van der Waals surface area contributed by atoms with Crippen LogP contribution in [0.3, 0.4) is 0 Å². The highest BCUT2D eigenvalue weighted by Gasteiger charge is 2.18. The van der Waals surface area contributed by atoms with Crippen LogP contribution < -0.4 is 0 Å². The van der Waals surface area contributed by atoms with Crippen LogP contribution in [-0.4, -0.2) is 21.7 Å². The molecule has 28 heavy (non-hydrogen) atoms. The van der Waals surface area contributed by atoms with Gasteiger partial charge in [-0.3, -0.25) is 4.79 Å². The van der Waals surface area contributed by atoms with E-state index in [1.54, 1.807) is 12.1 Å². The summed E-state index contributed by atoms with van der Waals surface area (Å²) in [6.07, 6.45) is 3.19. The minimum absolute atomic E-state index is 0.0791. The average Bonchev–Trinajstić information content (AvgIpc) is 3.30. The van der Waals surface area contributed by atoms with Crippen LogP contribution in [0.25, 0.3) is 26.9 Å². The van der Waals surface area contributed by atoms with E-state index in [1.165, 1.54) is 29.2 Å². The number of aromatic nitrogens is 2. The zero-order valence-electron chi connectivity index (χ0n) is 14.3. The van der Waals surface area contributed by atoms with Crippen molar-refractivity contribution >= 4 is 68.2 Å². The Bertz CT molecular complexity index is 1180. The molecule has 2 aromatic heterocycles. The highest BCUT2D eigenvalue weighted by molar-refractivity contribution is 7.99. The maximum atomic E-state index is 12.1. The number of ketones is 1. The van der Waals surface area contributed by atoms with Gasteiger partial charge in [0.05, 0.1) is 10.8 Å². The summed E-state index contributed by atoms with van der Waals surface area (Å²) in [6.45, 7) is 0. The second-order valence-electron chi connectivity index (χ2n) is 5.72. The third kappa shape index (κ3) is 4.15. The number of halogens is 2. The molecule has 140 valence electrons. The number of thioether (sulfide) groups is 1. The molecule has 0 spiro atoms. The van der Waals surface area contributed by atoms with Crippen molar-refractivity contribution in [3.05, 3.63) is 70.2 Å². The Balaban J connectivity index is 1.43. The first-order chi connectivity index (χ1) is 13.6. The van der Waals surface area contributed by atoms with Crippen molar-refractivity contribution in [2.75, 3.05) is 5.75 Å². The van der Waals surface area contributed by atoms with Gasteiger partial charge in [-0.25, -0.2) is 0 Å². The maximum absolute atomic E-state index is 12.1. The first-order valence-corrected chi connectivity index (χ1v) is 10.8. The molecule has 4 rings (SSSR count). The zero-order valence-corrected chi connectivity index (χ0v) is 17.4. The Morgan fingerprint density at radius 3 is 2.71 bits per heavy atom. The van der Waals surface area contributed by atoms with Crippen LogP contribution in [-0.2, 0) is 4.79 Å². The van der Waals surface area contributed by atoms with Gasteiger partial charge < -0.3 is 4.42 Å². The van der Waals surface area contributed by atoms with E-state index in [-0.39, 0.29) is 11.5 Å². The van der Waals surface area contributed by atoms with Crippen LogP contribution >= 0.6 is 46.3 Å². The lowest BCUT2D eigenvalue weighted by Crippen LogP contribution is -1.96. The van der Waals surface area contributed by atoms with Crippen molar-refractivity contribution in [3.8, 4) is 10.8 Å². The van der Waals surface area contributed by atoms with E-state index < -0.39 is 0 Å². The van der Waals surface area contributed by atoms with Crippen LogP contribution in [0.4, 0.5) is 0 Å². The maximum Gasteiger partial charge on any atom is 0.277 e. The molecule has 2 aromatic carbocycles. The SMILES string of the molecule is O=C(/C=C/c1ccccc1Cl)CSc1nnc(-c2sc3ccccc3c2Cl)o1. The molecule has 2 heterocycles. The molecule has 0 radical (unpaired) electrons. The molecule has 0 N–H and O–H groups in total. The molecule has 0 saturated carbocycles. The zero-order chi connectivity index (χ0) is 19.5. The number of fused-ring (bicyclic) bond motifs is 1. The lowest BCUT2D eigenvalue weighted by Gasteiger charge is -1.96. The fourth-order valence-electron chi connectivity index (χ4n) is 2.49. The largest absolute Gasteiger partial charge is 0.410 e. The molecule has 0 saturated heterocycles. The smallest absolute Gasteiger partial charge is 0.277 e. The predicted octanol–water partition coefficient (Wildman–Crippen LogP) is 6.63. The first kappa shape index (κ1) is 19.2. The molecular weight excluding hydrogens is 435 g/mol. The van der Waals surface area contributed by atoms with Gasteiger partial charge in [0, 0.05) is 15.1 Å². The molecule has 0 atom stereocenters. The molecule has 0 unspecified atom stereocenters. The summed E-state index contributed by atoms with van der Waals surface area (Å²) >= 11 is 15.2. The van der Waals surface area contributed by atoms with Crippen LogP contribution in [0.15, 0.2) is 64.2 Å². The van der Waals surface area contributed by atoms with Gasteiger partial charge in [0.2, 0.25) is 0 Å². The Labute approximate surface area is 179 Å². The average molecular weight is 447 g/mol. The second-order valence-corrected chi connectivity index (χ2v) is 8.49. The molecular formula is C20H12Cl2N2O2S2. The van der Waals surface area contributed by atoms with Gasteiger partial charge in [0.25, 0.3) is 11.1 Å². The molecule has 0 aliphatic carbocycles. The number of carbonyl (C=O) groups excluding carboxylic acids is 1. The Kier molecular flexibility index (Phi) is 5.82. The van der Waals surface area contributed by atoms with E-state index >= 15 is 0 Å². The van der Waals surface area contributed by atoms with Crippen molar-refractivity contribution in [2.45, 2.75) is 5.22 Å². The van der Waals surface area contributed by atoms with E-state index in [0.717, 1.165) is 20.5 Å². The van der Waals surface area contributed by atoms with E-state index in [2.05, 4.69) is 10.2 Å². The summed E-state index contributed by atoms with van der Waals surface area (Å²) in [6, 6.07) is 15.2. The topological polar surface area (TPSA) is 56.0 Å². The molecule has 0 aliphatic heterocycles. The van der Waals surface area contributed by atoms with Crippen molar-refractivity contribution in [1.29, 1.82) is 0 Å². The second kappa shape index (κ2) is 8.49. The van der Waals surface area contributed by atoms with E-state index in [4.69, 9.17) is 27.6 Å². The van der Waals surface area contributed by atoms with E-state index in [0.29, 0.717) is 21.2 Å². The van der Waals surface area contributed by atoms with Gasteiger partial charge in [-0.15, -0.1) is 21.5 Å². The third-order valence-electron chi connectivity index (χ3n) is 3.83. The van der Waals surface area contributed by atoms with Crippen LogP contribution in [0, 0.1) is 0 Å². The summed E-state index contributed by atoms with van der Waals surface area (Å²) < 4.78 is 6.73. The molecule has 0 amide bonds. The van der Waals surface area contributed by atoms with Gasteiger partial charge >= 0.3 is 0 Å². The number of carbonyl (C=O) groups is 1. The summed E-state index contributed by atoms with van der Waals surface area (Å²) in [5, 5.41) is 10.5. The van der Waals surface area contributed by atoms with Gasteiger partial charge in [-0.2, -0.15) is 0 Å². The minimum atomic E-state index is -0.0791. The van der Waals surface area contributed by atoms with E-state index in [1.807, 2.05) is 42.5 Å². The number of allylic oxidation sites excluding steroid dienone is 1. The van der Waals surface area contributed by atoms with Crippen molar-refractivity contribution in [2.24, 2.45) is 0 Å². The third-order valence-corrected chi connectivity index (χ3v) is 6.68. The summed E-state index contributed by atoms with van der Waals surface area (Å²) in [7, 11) is 0. The lowest BCUT2D eigenvalue weighted by molar-refractivity contribution is -0.112. The number of rotatable bonds is 6. The van der Waals surface area contributed by atoms with Gasteiger partial charge in [0.1, 0.15) is 4.88 Å². The Hall–Kier alpha value is -2.12. The highest BCUT2D eigenvalue weighted by Crippen LogP contribution is 2.41. The fourth-order valence-corrected chi connectivity index (χ4v) is 4.72. The van der Waals surface area contributed by atoms with Crippen LogP contribution in [0.1, 0.15) is 5.56 Å². The number of thiophene rings is 1. The molecule has 8 heteroatoms.